The van der Waals surface area contributed by atoms with Gasteiger partial charge in [-0.1, -0.05) is 12.1 Å². The van der Waals surface area contributed by atoms with Crippen LogP contribution >= 0.6 is 0 Å². The molecule has 0 aliphatic carbocycles. The summed E-state index contributed by atoms with van der Waals surface area (Å²) in [4.78, 5) is 11.8. The molecule has 1 aromatic carbocycles. The van der Waals surface area contributed by atoms with E-state index >= 15 is 0 Å². The van der Waals surface area contributed by atoms with Gasteiger partial charge in [0.05, 0.1) is 11.3 Å². The lowest BCUT2D eigenvalue weighted by Crippen LogP contribution is -2.22. The number of carbonyl (C=O) groups excluding carboxylic acids is 1. The van der Waals surface area contributed by atoms with Crippen molar-refractivity contribution >= 4 is 16.9 Å². The number of hydrogen-bond acceptors (Lipinski definition) is 5. The van der Waals surface area contributed by atoms with Crippen LogP contribution in [0.3, 0.4) is 0 Å². The number of hydrogen-bond donors (Lipinski definition) is 1. The number of benzene rings is 1. The van der Waals surface area contributed by atoms with Crippen molar-refractivity contribution in [3.05, 3.63) is 24.3 Å². The van der Waals surface area contributed by atoms with Crippen LogP contribution in [0, 0.1) is 5.92 Å². The van der Waals surface area contributed by atoms with E-state index in [0.717, 1.165) is 18.4 Å². The molecule has 1 fully saturated rings. The molecule has 1 aliphatic rings. The quantitative estimate of drug-likeness (QED) is 0.791. The molecule has 5 nitrogen and oxygen atoms in total. The van der Waals surface area contributed by atoms with Crippen LogP contribution in [0.2, 0.25) is 0 Å². The van der Waals surface area contributed by atoms with E-state index in [1.54, 1.807) is 6.07 Å². The number of esters is 1. The van der Waals surface area contributed by atoms with E-state index in [1.165, 1.54) is 0 Å². The Morgan fingerprint density at radius 1 is 1.47 bits per heavy atom. The second-order valence-corrected chi connectivity index (χ2v) is 4.09. The van der Waals surface area contributed by atoms with E-state index in [0.29, 0.717) is 12.1 Å². The first kappa shape index (κ1) is 10.3. The van der Waals surface area contributed by atoms with Crippen LogP contribution in [0.4, 0.5) is 0 Å². The molecule has 1 saturated heterocycles. The zero-order valence-corrected chi connectivity index (χ0v) is 9.18. The molecule has 2 heterocycles. The molecule has 17 heavy (non-hydrogen) atoms. The average molecular weight is 232 g/mol. The lowest BCUT2D eigenvalue weighted by molar-refractivity contribution is -0.138. The summed E-state index contributed by atoms with van der Waals surface area (Å²) in [6.45, 7) is 1.54. The molecule has 88 valence electrons. The summed E-state index contributed by atoms with van der Waals surface area (Å²) < 4.78 is 10.3. The topological polar surface area (TPSA) is 64.4 Å². The summed E-state index contributed by atoms with van der Waals surface area (Å²) in [6, 6.07) is 7.31. The van der Waals surface area contributed by atoms with Crippen molar-refractivity contribution in [2.75, 3.05) is 13.1 Å². The van der Waals surface area contributed by atoms with Gasteiger partial charge in [0.15, 0.2) is 5.58 Å². The maximum atomic E-state index is 11.8. The Morgan fingerprint density at radius 3 is 3.18 bits per heavy atom. The zero-order chi connectivity index (χ0) is 11.7. The fraction of sp³-hybridized carbons (Fsp3) is 0.333. The van der Waals surface area contributed by atoms with Gasteiger partial charge < -0.3 is 14.6 Å². The van der Waals surface area contributed by atoms with E-state index in [9.17, 15) is 4.79 Å². The van der Waals surface area contributed by atoms with Crippen molar-refractivity contribution in [1.82, 2.24) is 10.5 Å². The first-order chi connectivity index (χ1) is 8.34. The van der Waals surface area contributed by atoms with E-state index in [4.69, 9.17) is 9.26 Å². The molecule has 0 radical (unpaired) electrons. The summed E-state index contributed by atoms with van der Waals surface area (Å²) in [5, 5.41) is 7.62. The summed E-state index contributed by atoms with van der Waals surface area (Å²) >= 11 is 0. The minimum atomic E-state index is -0.242. The third-order valence-corrected chi connectivity index (χ3v) is 2.94. The van der Waals surface area contributed by atoms with Gasteiger partial charge in [-0.2, -0.15) is 0 Å². The first-order valence-electron chi connectivity index (χ1n) is 5.61. The van der Waals surface area contributed by atoms with E-state index in [2.05, 4.69) is 10.5 Å². The van der Waals surface area contributed by atoms with Crippen LogP contribution in [0.25, 0.3) is 11.0 Å². The molecular weight excluding hydrogens is 220 g/mol. The molecule has 0 amide bonds. The van der Waals surface area contributed by atoms with Gasteiger partial charge in [0, 0.05) is 6.54 Å². The normalized spacial score (nSPS) is 19.6. The number of para-hydroxylation sites is 1. The molecule has 0 saturated carbocycles. The Labute approximate surface area is 97.7 Å². The van der Waals surface area contributed by atoms with E-state index < -0.39 is 0 Å². The highest BCUT2D eigenvalue weighted by atomic mass is 16.6. The summed E-state index contributed by atoms with van der Waals surface area (Å²) in [7, 11) is 0. The van der Waals surface area contributed by atoms with Crippen molar-refractivity contribution in [3.8, 4) is 5.88 Å². The Bertz CT molecular complexity index is 543. The number of ether oxygens (including phenoxy) is 1. The smallest absolute Gasteiger partial charge is 0.317 e. The maximum Gasteiger partial charge on any atom is 0.317 e. The molecular formula is C12H12N2O3. The average Bonchev–Trinajstić information content (AvgIpc) is 2.98. The number of nitrogens with zero attached hydrogens (tertiary/aromatic N) is 1. The van der Waals surface area contributed by atoms with Crippen LogP contribution in [0.15, 0.2) is 28.8 Å². The molecule has 3 rings (SSSR count). The Morgan fingerprint density at radius 2 is 2.35 bits per heavy atom. The first-order valence-corrected chi connectivity index (χ1v) is 5.61. The molecule has 1 aromatic heterocycles. The van der Waals surface area contributed by atoms with Crippen LogP contribution < -0.4 is 10.1 Å². The predicted octanol–water partition coefficient (Wildman–Crippen LogP) is 1.34. The lowest BCUT2D eigenvalue weighted by atomic mass is 10.1. The van der Waals surface area contributed by atoms with Crippen LogP contribution in [0.1, 0.15) is 6.42 Å². The van der Waals surface area contributed by atoms with Crippen molar-refractivity contribution < 1.29 is 14.1 Å². The van der Waals surface area contributed by atoms with Gasteiger partial charge in [-0.3, -0.25) is 4.79 Å². The molecule has 1 unspecified atom stereocenters. The highest BCUT2D eigenvalue weighted by Crippen LogP contribution is 2.25. The monoisotopic (exact) mass is 232 g/mol. The zero-order valence-electron chi connectivity index (χ0n) is 9.18. The second kappa shape index (κ2) is 4.18. The molecule has 0 spiro atoms. The lowest BCUT2D eigenvalue weighted by Gasteiger charge is -2.05. The van der Waals surface area contributed by atoms with Crippen LogP contribution in [0.5, 0.6) is 5.88 Å². The number of nitrogens with one attached hydrogen (secondary N) is 1. The Kier molecular flexibility index (Phi) is 2.53. The third kappa shape index (κ3) is 1.89. The highest BCUT2D eigenvalue weighted by molar-refractivity contribution is 5.85. The summed E-state index contributed by atoms with van der Waals surface area (Å²) in [5.41, 5.74) is 0.625. The molecule has 1 aliphatic heterocycles. The van der Waals surface area contributed by atoms with Crippen molar-refractivity contribution in [2.24, 2.45) is 5.92 Å². The fourth-order valence-corrected chi connectivity index (χ4v) is 1.97. The number of aromatic nitrogens is 1. The highest BCUT2D eigenvalue weighted by Gasteiger charge is 2.25. The van der Waals surface area contributed by atoms with Gasteiger partial charge >= 0.3 is 5.97 Å². The van der Waals surface area contributed by atoms with E-state index in [1.807, 2.05) is 18.2 Å². The fourth-order valence-electron chi connectivity index (χ4n) is 1.97. The number of rotatable bonds is 2. The van der Waals surface area contributed by atoms with Crippen molar-refractivity contribution in [1.29, 1.82) is 0 Å². The molecule has 5 heteroatoms. The van der Waals surface area contributed by atoms with Gasteiger partial charge in [-0.15, -0.1) is 0 Å². The largest absolute Gasteiger partial charge is 0.403 e. The van der Waals surface area contributed by atoms with Crippen molar-refractivity contribution in [2.45, 2.75) is 6.42 Å². The standard InChI is InChI=1S/C12H12N2O3/c15-12(8-5-6-13-7-8)16-11-9-3-1-2-4-10(9)17-14-11/h1-4,8,13H,5-7H2. The number of carbonyl (C=O) groups is 1. The summed E-state index contributed by atoms with van der Waals surface area (Å²) in [5.74, 6) is -0.0583. The molecule has 1 atom stereocenters. The minimum absolute atomic E-state index is 0.0783. The van der Waals surface area contributed by atoms with Gasteiger partial charge in [0.2, 0.25) is 0 Å². The van der Waals surface area contributed by atoms with Gasteiger partial charge in [0.1, 0.15) is 0 Å². The van der Waals surface area contributed by atoms with Gasteiger partial charge in [-0.05, 0) is 30.3 Å². The Balaban J connectivity index is 1.82. The SMILES string of the molecule is O=C(Oc1noc2ccccc12)C1CCNC1. The molecule has 1 N–H and O–H groups in total. The van der Waals surface area contributed by atoms with Gasteiger partial charge in [-0.25, -0.2) is 0 Å². The second-order valence-electron chi connectivity index (χ2n) is 4.09. The molecule has 2 aromatic rings. The van der Waals surface area contributed by atoms with Crippen molar-refractivity contribution in [3.63, 3.8) is 0 Å². The Hall–Kier alpha value is -1.88. The van der Waals surface area contributed by atoms with Crippen LogP contribution in [-0.4, -0.2) is 24.2 Å². The number of fused-ring (bicyclic) bond motifs is 1. The molecule has 0 bridgehead atoms. The van der Waals surface area contributed by atoms with Gasteiger partial charge in [0.25, 0.3) is 5.88 Å². The maximum absolute atomic E-state index is 11.8. The predicted molar refractivity (Wildman–Crippen MR) is 60.6 cm³/mol. The third-order valence-electron chi connectivity index (χ3n) is 2.94. The minimum Gasteiger partial charge on any atom is -0.403 e. The van der Waals surface area contributed by atoms with E-state index in [-0.39, 0.29) is 17.8 Å². The summed E-state index contributed by atoms with van der Waals surface area (Å²) in [6.07, 6.45) is 0.814. The van der Waals surface area contributed by atoms with Crippen LogP contribution in [-0.2, 0) is 4.79 Å².